The molecule has 3 aliphatic rings. The van der Waals surface area contributed by atoms with Gasteiger partial charge in [-0.15, -0.1) is 0 Å². The van der Waals surface area contributed by atoms with E-state index in [2.05, 4.69) is 0 Å². The van der Waals surface area contributed by atoms with Gasteiger partial charge in [-0.1, -0.05) is 44.9 Å². The zero-order valence-corrected chi connectivity index (χ0v) is 8.47. The number of rotatable bonds is 0. The number of hydrogen-bond donors (Lipinski definition) is 0. The fourth-order valence-electron chi connectivity index (χ4n) is 3.14. The summed E-state index contributed by atoms with van der Waals surface area (Å²) in [6.45, 7) is 0. The third-order valence-electron chi connectivity index (χ3n) is 3.88. The molecule has 0 heterocycles. The van der Waals surface area contributed by atoms with Crippen molar-refractivity contribution in [2.45, 2.75) is 64.0 Å². The Hall–Kier alpha value is -0.0700. The summed E-state index contributed by atoms with van der Waals surface area (Å²) < 4.78 is 13.5. The van der Waals surface area contributed by atoms with E-state index in [0.717, 1.165) is 12.8 Å². The van der Waals surface area contributed by atoms with E-state index in [0.29, 0.717) is 11.8 Å². The van der Waals surface area contributed by atoms with Crippen LogP contribution in [0.3, 0.4) is 0 Å². The molecule has 0 aromatic carbocycles. The van der Waals surface area contributed by atoms with E-state index >= 15 is 0 Å². The summed E-state index contributed by atoms with van der Waals surface area (Å²) in [5.74, 6) is 1.43. The van der Waals surface area contributed by atoms with Gasteiger partial charge in [0.1, 0.15) is 6.17 Å². The molecule has 3 rings (SSSR count). The van der Waals surface area contributed by atoms with Crippen LogP contribution in [0.25, 0.3) is 0 Å². The van der Waals surface area contributed by atoms with Crippen molar-refractivity contribution in [2.24, 2.45) is 11.8 Å². The monoisotopic (exact) mass is 184 g/mol. The van der Waals surface area contributed by atoms with Gasteiger partial charge in [-0.05, 0) is 24.7 Å². The minimum Gasteiger partial charge on any atom is -0.247 e. The van der Waals surface area contributed by atoms with E-state index in [1.165, 1.54) is 44.9 Å². The lowest BCUT2D eigenvalue weighted by atomic mass is 9.84. The second-order valence-electron chi connectivity index (χ2n) is 5.02. The number of alkyl halides is 1. The SMILES string of the molecule is FC1CC2CCCCC(CCC2)C1. The molecule has 3 aliphatic carbocycles. The third-order valence-corrected chi connectivity index (χ3v) is 3.88. The van der Waals surface area contributed by atoms with Crippen molar-refractivity contribution in [2.75, 3.05) is 0 Å². The van der Waals surface area contributed by atoms with Gasteiger partial charge in [0, 0.05) is 0 Å². The van der Waals surface area contributed by atoms with Gasteiger partial charge in [0.15, 0.2) is 0 Å². The second-order valence-corrected chi connectivity index (χ2v) is 5.02. The largest absolute Gasteiger partial charge is 0.247 e. The summed E-state index contributed by atoms with van der Waals surface area (Å²) >= 11 is 0. The lowest BCUT2D eigenvalue weighted by Gasteiger charge is -2.24. The van der Waals surface area contributed by atoms with Crippen LogP contribution in [-0.4, -0.2) is 6.17 Å². The lowest BCUT2D eigenvalue weighted by molar-refractivity contribution is 0.189. The van der Waals surface area contributed by atoms with Crippen LogP contribution < -0.4 is 0 Å². The molecule has 0 aromatic rings. The average Bonchev–Trinajstić information content (AvgIpc) is 2.20. The number of halogens is 1. The molecule has 0 radical (unpaired) electrons. The van der Waals surface area contributed by atoms with Gasteiger partial charge in [-0.3, -0.25) is 0 Å². The number of hydrogen-bond acceptors (Lipinski definition) is 0. The van der Waals surface area contributed by atoms with E-state index < -0.39 is 6.17 Å². The topological polar surface area (TPSA) is 0 Å². The first-order chi connectivity index (χ1) is 6.34. The van der Waals surface area contributed by atoms with Gasteiger partial charge >= 0.3 is 0 Å². The Bertz CT molecular complexity index is 135. The molecule has 2 unspecified atom stereocenters. The fourth-order valence-corrected chi connectivity index (χ4v) is 3.14. The highest BCUT2D eigenvalue weighted by Crippen LogP contribution is 2.35. The zero-order valence-electron chi connectivity index (χ0n) is 8.47. The normalized spacial score (nSPS) is 41.8. The van der Waals surface area contributed by atoms with E-state index in [4.69, 9.17) is 0 Å². The van der Waals surface area contributed by atoms with Crippen molar-refractivity contribution in [3.8, 4) is 0 Å². The Morgan fingerprint density at radius 1 is 0.692 bits per heavy atom. The number of fused-ring (bicyclic) bond motifs is 7. The third kappa shape index (κ3) is 2.69. The van der Waals surface area contributed by atoms with Crippen molar-refractivity contribution in [3.63, 3.8) is 0 Å². The Labute approximate surface area is 80.9 Å². The molecule has 2 bridgehead atoms. The highest BCUT2D eigenvalue weighted by molar-refractivity contribution is 4.76. The molecule has 1 heteroatoms. The van der Waals surface area contributed by atoms with Crippen molar-refractivity contribution < 1.29 is 4.39 Å². The first-order valence-corrected chi connectivity index (χ1v) is 5.98. The van der Waals surface area contributed by atoms with Crippen LogP contribution >= 0.6 is 0 Å². The molecular weight excluding hydrogens is 163 g/mol. The van der Waals surface area contributed by atoms with E-state index in [1.54, 1.807) is 0 Å². The quantitative estimate of drug-likeness (QED) is 0.532. The van der Waals surface area contributed by atoms with Gasteiger partial charge in [0.25, 0.3) is 0 Å². The second kappa shape index (κ2) is 4.43. The summed E-state index contributed by atoms with van der Waals surface area (Å²) in [5.41, 5.74) is 0. The van der Waals surface area contributed by atoms with Crippen LogP contribution in [0.15, 0.2) is 0 Å². The standard InChI is InChI=1S/C12H21F/c13-12-8-10-4-1-2-5-11(9-12)7-3-6-10/h10-12H,1-9H2. The maximum Gasteiger partial charge on any atom is 0.101 e. The van der Waals surface area contributed by atoms with Crippen molar-refractivity contribution in [1.29, 1.82) is 0 Å². The molecule has 3 saturated carbocycles. The van der Waals surface area contributed by atoms with E-state index in [1.807, 2.05) is 0 Å². The van der Waals surface area contributed by atoms with Gasteiger partial charge in [0.2, 0.25) is 0 Å². The van der Waals surface area contributed by atoms with Gasteiger partial charge in [-0.25, -0.2) is 4.39 Å². The highest BCUT2D eigenvalue weighted by atomic mass is 19.1. The Morgan fingerprint density at radius 3 is 1.69 bits per heavy atom. The van der Waals surface area contributed by atoms with Crippen LogP contribution in [0.1, 0.15) is 57.8 Å². The molecule has 3 fully saturated rings. The Balaban J connectivity index is 2.02. The van der Waals surface area contributed by atoms with Gasteiger partial charge < -0.3 is 0 Å². The molecule has 13 heavy (non-hydrogen) atoms. The Kier molecular flexibility index (Phi) is 3.23. The minimum atomic E-state index is -0.478. The maximum atomic E-state index is 13.5. The molecule has 0 aliphatic heterocycles. The van der Waals surface area contributed by atoms with E-state index in [-0.39, 0.29) is 0 Å². The van der Waals surface area contributed by atoms with Crippen LogP contribution in [0.5, 0.6) is 0 Å². The Morgan fingerprint density at radius 2 is 1.15 bits per heavy atom. The molecular formula is C12H21F. The highest BCUT2D eigenvalue weighted by Gasteiger charge is 2.25. The molecule has 0 aromatic heterocycles. The maximum absolute atomic E-state index is 13.5. The van der Waals surface area contributed by atoms with Crippen LogP contribution in [0, 0.1) is 11.8 Å². The smallest absolute Gasteiger partial charge is 0.101 e. The van der Waals surface area contributed by atoms with Gasteiger partial charge in [0.05, 0.1) is 0 Å². The molecule has 0 amide bonds. The van der Waals surface area contributed by atoms with Crippen molar-refractivity contribution in [1.82, 2.24) is 0 Å². The predicted octanol–water partition coefficient (Wildman–Crippen LogP) is 4.10. The predicted molar refractivity (Wildman–Crippen MR) is 53.4 cm³/mol. The molecule has 0 nitrogen and oxygen atoms in total. The van der Waals surface area contributed by atoms with Gasteiger partial charge in [-0.2, -0.15) is 0 Å². The minimum absolute atomic E-state index is 0.478. The first-order valence-electron chi connectivity index (χ1n) is 5.98. The van der Waals surface area contributed by atoms with Crippen LogP contribution in [-0.2, 0) is 0 Å². The summed E-state index contributed by atoms with van der Waals surface area (Å²) in [5, 5.41) is 0. The molecule has 0 saturated heterocycles. The average molecular weight is 184 g/mol. The molecule has 0 N–H and O–H groups in total. The molecule has 2 atom stereocenters. The van der Waals surface area contributed by atoms with Crippen LogP contribution in [0.4, 0.5) is 4.39 Å². The summed E-state index contributed by atoms with van der Waals surface area (Å²) in [4.78, 5) is 0. The van der Waals surface area contributed by atoms with Crippen molar-refractivity contribution in [3.05, 3.63) is 0 Å². The summed E-state index contributed by atoms with van der Waals surface area (Å²) in [6, 6.07) is 0. The van der Waals surface area contributed by atoms with E-state index in [9.17, 15) is 4.39 Å². The van der Waals surface area contributed by atoms with Crippen molar-refractivity contribution >= 4 is 0 Å². The lowest BCUT2D eigenvalue weighted by Crippen LogP contribution is -2.16. The summed E-state index contributed by atoms with van der Waals surface area (Å²) in [6.07, 6.45) is 10.5. The van der Waals surface area contributed by atoms with Crippen LogP contribution in [0.2, 0.25) is 0 Å². The molecule has 0 spiro atoms. The first kappa shape index (κ1) is 9.48. The summed E-state index contributed by atoms with van der Waals surface area (Å²) in [7, 11) is 0. The zero-order chi connectivity index (χ0) is 9.10. The fraction of sp³-hybridized carbons (Fsp3) is 1.00. The molecule has 76 valence electrons.